The lowest BCUT2D eigenvalue weighted by molar-refractivity contribution is 0.102. The Morgan fingerprint density at radius 2 is 1.84 bits per heavy atom. The van der Waals surface area contributed by atoms with Gasteiger partial charge < -0.3 is 18.8 Å². The minimum atomic E-state index is -0.246. The summed E-state index contributed by atoms with van der Waals surface area (Å²) in [6.45, 7) is 9.06. The highest BCUT2D eigenvalue weighted by Gasteiger charge is 2.16. The number of hydrogen-bond acceptors (Lipinski definition) is 5. The number of nitrogens with one attached hydrogen (secondary N) is 1. The summed E-state index contributed by atoms with van der Waals surface area (Å²) in [4.78, 5) is 17.6. The second-order valence-electron chi connectivity index (χ2n) is 7.02. The van der Waals surface area contributed by atoms with E-state index in [0.29, 0.717) is 56.0 Å². The molecular weight excluding hydrogens is 394 g/mol. The normalized spacial score (nSPS) is 10.9. The first kappa shape index (κ1) is 22.6. The third-order valence-corrected chi connectivity index (χ3v) is 4.72. The summed E-state index contributed by atoms with van der Waals surface area (Å²) in [6, 6.07) is 13.1. The molecule has 7 nitrogen and oxygen atoms in total. The molecule has 0 saturated carbocycles. The van der Waals surface area contributed by atoms with Crippen molar-refractivity contribution in [1.82, 2.24) is 9.55 Å². The Kier molecular flexibility index (Phi) is 8.29. The maximum absolute atomic E-state index is 13.0. The summed E-state index contributed by atoms with van der Waals surface area (Å²) in [5, 5.41) is 2.96. The van der Waals surface area contributed by atoms with Gasteiger partial charge in [-0.25, -0.2) is 4.98 Å². The van der Waals surface area contributed by atoms with E-state index in [4.69, 9.17) is 14.2 Å². The number of ether oxygens (including phenoxy) is 3. The zero-order chi connectivity index (χ0) is 22.1. The van der Waals surface area contributed by atoms with E-state index in [-0.39, 0.29) is 5.91 Å². The van der Waals surface area contributed by atoms with Crippen LogP contribution in [0.15, 0.2) is 42.5 Å². The molecule has 1 aromatic heterocycles. The number of para-hydroxylation sites is 2. The maximum Gasteiger partial charge on any atom is 0.258 e. The van der Waals surface area contributed by atoms with Crippen LogP contribution in [0.1, 0.15) is 44.0 Å². The zero-order valence-electron chi connectivity index (χ0n) is 18.5. The Morgan fingerprint density at radius 1 is 1.00 bits per heavy atom. The fourth-order valence-electron chi connectivity index (χ4n) is 3.29. The minimum Gasteiger partial charge on any atom is -0.490 e. The molecule has 0 saturated heterocycles. The van der Waals surface area contributed by atoms with Crippen LogP contribution in [0.3, 0.4) is 0 Å². The fraction of sp³-hybridized carbons (Fsp3) is 0.417. The van der Waals surface area contributed by atoms with Crippen molar-refractivity contribution in [3.8, 4) is 11.5 Å². The largest absolute Gasteiger partial charge is 0.490 e. The van der Waals surface area contributed by atoms with E-state index in [1.165, 1.54) is 0 Å². The lowest BCUT2D eigenvalue weighted by Crippen LogP contribution is -2.17. The molecule has 3 aromatic rings. The number of imidazole rings is 1. The van der Waals surface area contributed by atoms with Gasteiger partial charge in [-0.05, 0) is 57.0 Å². The molecule has 0 aliphatic heterocycles. The molecule has 2 aromatic carbocycles. The van der Waals surface area contributed by atoms with Gasteiger partial charge in [-0.1, -0.05) is 19.1 Å². The van der Waals surface area contributed by atoms with Crippen molar-refractivity contribution >= 4 is 22.9 Å². The molecule has 0 radical (unpaired) electrons. The van der Waals surface area contributed by atoms with Crippen LogP contribution in [0.25, 0.3) is 11.0 Å². The maximum atomic E-state index is 13.0. The number of anilines is 1. The number of amides is 1. The van der Waals surface area contributed by atoms with E-state index in [2.05, 4.69) is 10.3 Å². The smallest absolute Gasteiger partial charge is 0.258 e. The predicted octanol–water partition coefficient (Wildman–Crippen LogP) is 4.90. The molecule has 0 fully saturated rings. The SMILES string of the molecule is CCCOc1ccc(C(=O)Nc2nc3ccccc3n2CCCOCC)cc1OCC. The minimum absolute atomic E-state index is 0.246. The highest BCUT2D eigenvalue weighted by molar-refractivity contribution is 6.04. The molecule has 0 aliphatic carbocycles. The second-order valence-corrected chi connectivity index (χ2v) is 7.02. The van der Waals surface area contributed by atoms with Crippen LogP contribution >= 0.6 is 0 Å². The van der Waals surface area contributed by atoms with Crippen LogP contribution in [0.4, 0.5) is 5.95 Å². The van der Waals surface area contributed by atoms with Gasteiger partial charge in [0.15, 0.2) is 11.5 Å². The fourth-order valence-corrected chi connectivity index (χ4v) is 3.29. The van der Waals surface area contributed by atoms with Gasteiger partial charge in [0.2, 0.25) is 5.95 Å². The molecule has 166 valence electrons. The van der Waals surface area contributed by atoms with Crippen molar-refractivity contribution in [3.05, 3.63) is 48.0 Å². The molecule has 0 atom stereocenters. The lowest BCUT2D eigenvalue weighted by Gasteiger charge is -2.13. The number of fused-ring (bicyclic) bond motifs is 1. The summed E-state index contributed by atoms with van der Waals surface area (Å²) < 4.78 is 18.9. The van der Waals surface area contributed by atoms with Crippen LogP contribution in [0.2, 0.25) is 0 Å². The van der Waals surface area contributed by atoms with Crippen molar-refractivity contribution in [2.24, 2.45) is 0 Å². The number of carbonyl (C=O) groups excluding carboxylic acids is 1. The Balaban J connectivity index is 1.83. The molecule has 7 heteroatoms. The van der Waals surface area contributed by atoms with Crippen LogP contribution in [-0.4, -0.2) is 41.9 Å². The highest BCUT2D eigenvalue weighted by Crippen LogP contribution is 2.29. The lowest BCUT2D eigenvalue weighted by atomic mass is 10.2. The van der Waals surface area contributed by atoms with Crippen LogP contribution in [-0.2, 0) is 11.3 Å². The molecule has 0 aliphatic rings. The van der Waals surface area contributed by atoms with Crippen LogP contribution in [0.5, 0.6) is 11.5 Å². The number of aryl methyl sites for hydroxylation is 1. The van der Waals surface area contributed by atoms with Gasteiger partial charge in [0.05, 0.1) is 24.2 Å². The van der Waals surface area contributed by atoms with Gasteiger partial charge in [0.25, 0.3) is 5.91 Å². The average Bonchev–Trinajstić information content (AvgIpc) is 3.13. The van der Waals surface area contributed by atoms with Gasteiger partial charge in [-0.3, -0.25) is 10.1 Å². The van der Waals surface area contributed by atoms with E-state index in [9.17, 15) is 4.79 Å². The van der Waals surface area contributed by atoms with Crippen LogP contribution < -0.4 is 14.8 Å². The topological polar surface area (TPSA) is 74.6 Å². The molecule has 3 rings (SSSR count). The van der Waals surface area contributed by atoms with Crippen molar-refractivity contribution in [1.29, 1.82) is 0 Å². The first-order chi connectivity index (χ1) is 15.2. The van der Waals surface area contributed by atoms with Gasteiger partial charge in [0, 0.05) is 25.3 Å². The standard InChI is InChI=1S/C24H31N3O4/c1-4-15-31-21-13-12-18(17-22(21)30-6-3)23(28)26-24-25-19-10-7-8-11-20(19)27(24)14-9-16-29-5-2/h7-8,10-13,17H,4-6,9,14-16H2,1-3H3,(H,25,26,28). The summed E-state index contributed by atoms with van der Waals surface area (Å²) in [7, 11) is 0. The molecule has 1 N–H and O–H groups in total. The Bertz CT molecular complexity index is 1000. The van der Waals surface area contributed by atoms with Crippen LogP contribution in [0, 0.1) is 0 Å². The Hall–Kier alpha value is -3.06. The summed E-state index contributed by atoms with van der Waals surface area (Å²) in [6.07, 6.45) is 1.72. The number of benzene rings is 2. The number of aromatic nitrogens is 2. The zero-order valence-corrected chi connectivity index (χ0v) is 18.5. The number of nitrogens with zero attached hydrogens (tertiary/aromatic N) is 2. The molecule has 0 unspecified atom stereocenters. The number of hydrogen-bond donors (Lipinski definition) is 1. The first-order valence-corrected chi connectivity index (χ1v) is 10.9. The Labute approximate surface area is 183 Å². The second kappa shape index (κ2) is 11.4. The predicted molar refractivity (Wildman–Crippen MR) is 122 cm³/mol. The van der Waals surface area contributed by atoms with Gasteiger partial charge in [-0.15, -0.1) is 0 Å². The quantitative estimate of drug-likeness (QED) is 0.418. The highest BCUT2D eigenvalue weighted by atomic mass is 16.5. The molecule has 1 heterocycles. The van der Waals surface area contributed by atoms with E-state index in [1.54, 1.807) is 18.2 Å². The molecule has 31 heavy (non-hydrogen) atoms. The van der Waals surface area contributed by atoms with Crippen molar-refractivity contribution in [3.63, 3.8) is 0 Å². The van der Waals surface area contributed by atoms with E-state index >= 15 is 0 Å². The summed E-state index contributed by atoms with van der Waals surface area (Å²) >= 11 is 0. The van der Waals surface area contributed by atoms with E-state index in [0.717, 1.165) is 23.9 Å². The van der Waals surface area contributed by atoms with Gasteiger partial charge in [0.1, 0.15) is 0 Å². The Morgan fingerprint density at radius 3 is 2.61 bits per heavy atom. The molecule has 0 spiro atoms. The third-order valence-electron chi connectivity index (χ3n) is 4.72. The first-order valence-electron chi connectivity index (χ1n) is 10.9. The summed E-state index contributed by atoms with van der Waals surface area (Å²) in [5.74, 6) is 1.48. The van der Waals surface area contributed by atoms with Gasteiger partial charge >= 0.3 is 0 Å². The van der Waals surface area contributed by atoms with Crippen molar-refractivity contribution < 1.29 is 19.0 Å². The molecule has 1 amide bonds. The average molecular weight is 426 g/mol. The van der Waals surface area contributed by atoms with E-state index in [1.807, 2.05) is 49.6 Å². The monoisotopic (exact) mass is 425 g/mol. The number of rotatable bonds is 12. The van der Waals surface area contributed by atoms with E-state index < -0.39 is 0 Å². The van der Waals surface area contributed by atoms with Crippen molar-refractivity contribution in [2.75, 3.05) is 31.7 Å². The summed E-state index contributed by atoms with van der Waals surface area (Å²) in [5.41, 5.74) is 2.31. The number of carbonyl (C=O) groups is 1. The third kappa shape index (κ3) is 5.76. The molecular formula is C24H31N3O4. The molecule has 0 bridgehead atoms. The van der Waals surface area contributed by atoms with Crippen molar-refractivity contribution in [2.45, 2.75) is 40.2 Å². The van der Waals surface area contributed by atoms with Gasteiger partial charge in [-0.2, -0.15) is 0 Å².